The van der Waals surface area contributed by atoms with Crippen molar-refractivity contribution in [3.63, 3.8) is 0 Å². The van der Waals surface area contributed by atoms with Crippen LogP contribution in [0.25, 0.3) is 80.3 Å². The molecule has 248 valence electrons. The molecule has 9 aromatic carbocycles. The Balaban J connectivity index is 1.08. The van der Waals surface area contributed by atoms with E-state index in [-0.39, 0.29) is 0 Å². The highest BCUT2D eigenvalue weighted by Gasteiger charge is 2.20. The smallest absolute Gasteiger partial charge is 0.0554 e. The van der Waals surface area contributed by atoms with E-state index in [0.29, 0.717) is 0 Å². The first-order valence-electron chi connectivity index (χ1n) is 18.1. The van der Waals surface area contributed by atoms with E-state index in [1.807, 2.05) is 11.3 Å². The number of hydrogen-bond donors (Lipinski definition) is 0. The van der Waals surface area contributed by atoms with Gasteiger partial charge in [-0.15, -0.1) is 11.3 Å². The Bertz CT molecular complexity index is 3110. The molecule has 2 aromatic heterocycles. The minimum absolute atomic E-state index is 1.11. The number of rotatable bonds is 5. The summed E-state index contributed by atoms with van der Waals surface area (Å²) in [4.78, 5) is 2.43. The van der Waals surface area contributed by atoms with Gasteiger partial charge in [0, 0.05) is 48.0 Å². The molecule has 0 aliphatic carbocycles. The van der Waals surface area contributed by atoms with Crippen LogP contribution in [0.15, 0.2) is 194 Å². The molecular weight excluding hydrogens is 661 g/mol. The Hall–Kier alpha value is -6.68. The second-order valence-corrected chi connectivity index (χ2v) is 14.8. The van der Waals surface area contributed by atoms with Crippen LogP contribution in [0.1, 0.15) is 0 Å². The van der Waals surface area contributed by atoms with Crippen LogP contribution in [-0.2, 0) is 0 Å². The molecule has 11 rings (SSSR count). The van der Waals surface area contributed by atoms with Crippen molar-refractivity contribution in [1.29, 1.82) is 0 Å². The van der Waals surface area contributed by atoms with Crippen LogP contribution in [0.3, 0.4) is 0 Å². The highest BCUT2D eigenvalue weighted by molar-refractivity contribution is 7.26. The van der Waals surface area contributed by atoms with Gasteiger partial charge < -0.3 is 9.47 Å². The summed E-state index contributed by atoms with van der Waals surface area (Å²) in [6.07, 6.45) is 0. The SMILES string of the molecule is c1ccc2c(c1)ccc1c(-c3ccc(N(c4ccc(-n5c6ccccc6c6ccccc65)cc4)c4cccc5sc6ccccc6c45)cc3)cccc12. The highest BCUT2D eigenvalue weighted by atomic mass is 32.1. The van der Waals surface area contributed by atoms with E-state index in [4.69, 9.17) is 0 Å². The standard InChI is InChI=1S/C50H32N2S/c1-2-12-38-33(11-1)25-32-41-39(16-9-17-40(38)41)34-23-26-35(27-24-34)51(47-20-10-22-49-50(47)44-15-5-8-21-48(44)53-49)36-28-30-37(31-29-36)52-45-18-6-3-13-42(45)43-14-4-7-19-46(43)52/h1-32H. The van der Waals surface area contributed by atoms with Gasteiger partial charge in [-0.2, -0.15) is 0 Å². The molecule has 53 heavy (non-hydrogen) atoms. The van der Waals surface area contributed by atoms with E-state index in [0.717, 1.165) is 17.1 Å². The maximum Gasteiger partial charge on any atom is 0.0554 e. The van der Waals surface area contributed by atoms with E-state index in [9.17, 15) is 0 Å². The predicted molar refractivity (Wildman–Crippen MR) is 229 cm³/mol. The number of fused-ring (bicyclic) bond motifs is 9. The number of nitrogens with zero attached hydrogens (tertiary/aromatic N) is 2. The fourth-order valence-corrected chi connectivity index (χ4v) is 9.53. The van der Waals surface area contributed by atoms with E-state index in [2.05, 4.69) is 204 Å². The van der Waals surface area contributed by atoms with Crippen LogP contribution >= 0.6 is 11.3 Å². The fraction of sp³-hybridized carbons (Fsp3) is 0. The van der Waals surface area contributed by atoms with Gasteiger partial charge in [-0.1, -0.05) is 127 Å². The van der Waals surface area contributed by atoms with Gasteiger partial charge in [0.05, 0.1) is 16.7 Å². The number of benzene rings is 9. The van der Waals surface area contributed by atoms with Gasteiger partial charge in [0.1, 0.15) is 0 Å². The van der Waals surface area contributed by atoms with E-state index >= 15 is 0 Å². The van der Waals surface area contributed by atoms with Crippen LogP contribution in [0.2, 0.25) is 0 Å². The molecule has 2 nitrogen and oxygen atoms in total. The van der Waals surface area contributed by atoms with E-state index in [1.54, 1.807) is 0 Å². The summed E-state index contributed by atoms with van der Waals surface area (Å²) in [6.45, 7) is 0. The molecule has 0 saturated heterocycles. The van der Waals surface area contributed by atoms with Crippen LogP contribution in [0.5, 0.6) is 0 Å². The van der Waals surface area contributed by atoms with Crippen molar-refractivity contribution in [3.05, 3.63) is 194 Å². The van der Waals surface area contributed by atoms with Gasteiger partial charge in [0.2, 0.25) is 0 Å². The summed E-state index contributed by atoms with van der Waals surface area (Å²) in [5.74, 6) is 0. The van der Waals surface area contributed by atoms with E-state index in [1.165, 1.54) is 80.3 Å². The minimum Gasteiger partial charge on any atom is -0.310 e. The molecule has 0 aliphatic heterocycles. The molecule has 0 radical (unpaired) electrons. The average molecular weight is 693 g/mol. The third-order valence-corrected chi connectivity index (χ3v) is 11.9. The molecule has 0 amide bonds. The summed E-state index contributed by atoms with van der Waals surface area (Å²) in [7, 11) is 0. The number of aromatic nitrogens is 1. The maximum atomic E-state index is 2.43. The Morgan fingerprint density at radius 2 is 0.962 bits per heavy atom. The second-order valence-electron chi connectivity index (χ2n) is 13.7. The van der Waals surface area contributed by atoms with Crippen LogP contribution in [-0.4, -0.2) is 4.57 Å². The average Bonchev–Trinajstić information content (AvgIpc) is 3.78. The van der Waals surface area contributed by atoms with Gasteiger partial charge in [-0.3, -0.25) is 0 Å². The summed E-state index contributed by atoms with van der Waals surface area (Å²) in [5.41, 5.74) is 9.42. The second kappa shape index (κ2) is 11.9. The summed E-state index contributed by atoms with van der Waals surface area (Å²) in [6, 6.07) is 70.9. The first kappa shape index (κ1) is 30.0. The number of anilines is 3. The molecule has 0 aliphatic rings. The van der Waals surface area contributed by atoms with E-state index < -0.39 is 0 Å². The molecule has 0 atom stereocenters. The molecular formula is C50H32N2S. The highest BCUT2D eigenvalue weighted by Crippen LogP contribution is 2.45. The fourth-order valence-electron chi connectivity index (χ4n) is 8.40. The molecule has 0 saturated carbocycles. The maximum absolute atomic E-state index is 2.43. The lowest BCUT2D eigenvalue weighted by Crippen LogP contribution is -2.10. The first-order chi connectivity index (χ1) is 26.3. The lowest BCUT2D eigenvalue weighted by molar-refractivity contribution is 1.17. The quantitative estimate of drug-likeness (QED) is 0.163. The number of para-hydroxylation sites is 2. The zero-order valence-corrected chi connectivity index (χ0v) is 29.6. The van der Waals surface area contributed by atoms with Gasteiger partial charge in [0.15, 0.2) is 0 Å². The molecule has 0 unspecified atom stereocenters. The van der Waals surface area contributed by atoms with Crippen molar-refractivity contribution in [1.82, 2.24) is 4.57 Å². The van der Waals surface area contributed by atoms with Crippen molar-refractivity contribution in [3.8, 4) is 16.8 Å². The Morgan fingerprint density at radius 1 is 0.377 bits per heavy atom. The lowest BCUT2D eigenvalue weighted by atomic mass is 9.94. The first-order valence-corrected chi connectivity index (χ1v) is 18.9. The molecule has 11 aromatic rings. The van der Waals surface area contributed by atoms with Gasteiger partial charge in [-0.05, 0) is 99.4 Å². The van der Waals surface area contributed by atoms with Crippen LogP contribution in [0.4, 0.5) is 17.1 Å². The third kappa shape index (κ3) is 4.71. The van der Waals surface area contributed by atoms with Gasteiger partial charge >= 0.3 is 0 Å². The number of hydrogen-bond acceptors (Lipinski definition) is 2. The predicted octanol–water partition coefficient (Wildman–Crippen LogP) is 14.6. The molecule has 3 heteroatoms. The largest absolute Gasteiger partial charge is 0.310 e. The minimum atomic E-state index is 1.11. The van der Waals surface area contributed by atoms with Crippen LogP contribution in [0, 0.1) is 0 Å². The monoisotopic (exact) mass is 692 g/mol. The van der Waals surface area contributed by atoms with Crippen molar-refractivity contribution in [2.24, 2.45) is 0 Å². The number of thiophene rings is 1. The Morgan fingerprint density at radius 3 is 1.72 bits per heavy atom. The summed E-state index contributed by atoms with van der Waals surface area (Å²) >= 11 is 1.86. The molecule has 0 N–H and O–H groups in total. The Labute approximate surface area is 311 Å². The molecule has 0 spiro atoms. The summed E-state index contributed by atoms with van der Waals surface area (Å²) < 4.78 is 4.97. The van der Waals surface area contributed by atoms with Crippen molar-refractivity contribution in [2.45, 2.75) is 0 Å². The lowest BCUT2D eigenvalue weighted by Gasteiger charge is -2.27. The van der Waals surface area contributed by atoms with Crippen molar-refractivity contribution < 1.29 is 0 Å². The molecule has 0 bridgehead atoms. The van der Waals surface area contributed by atoms with Gasteiger partial charge in [-0.25, -0.2) is 0 Å². The third-order valence-electron chi connectivity index (χ3n) is 10.8. The topological polar surface area (TPSA) is 8.17 Å². The van der Waals surface area contributed by atoms with Gasteiger partial charge in [0.25, 0.3) is 0 Å². The van der Waals surface area contributed by atoms with Crippen molar-refractivity contribution >= 4 is 91.9 Å². The Kier molecular flexibility index (Phi) is 6.76. The van der Waals surface area contributed by atoms with Crippen molar-refractivity contribution in [2.75, 3.05) is 4.90 Å². The van der Waals surface area contributed by atoms with Crippen LogP contribution < -0.4 is 4.90 Å². The molecule has 0 fully saturated rings. The molecule has 2 heterocycles. The zero-order valence-electron chi connectivity index (χ0n) is 28.8. The normalized spacial score (nSPS) is 11.8. The summed E-state index contributed by atoms with van der Waals surface area (Å²) in [5, 5.41) is 10.2. The zero-order chi connectivity index (χ0) is 34.9.